The van der Waals surface area contributed by atoms with Crippen molar-refractivity contribution in [1.29, 1.82) is 0 Å². The number of sulfonamides is 1. The Balaban J connectivity index is 2.15. The minimum atomic E-state index is -3.31. The lowest BCUT2D eigenvalue weighted by atomic mass is 10.2. The number of unbranched alkanes of at least 4 members (excludes halogenated alkanes) is 1. The zero-order valence-corrected chi connectivity index (χ0v) is 16.6. The molecule has 0 unspecified atom stereocenters. The van der Waals surface area contributed by atoms with E-state index >= 15 is 0 Å². The van der Waals surface area contributed by atoms with Crippen LogP contribution in [-0.2, 0) is 10.0 Å². The summed E-state index contributed by atoms with van der Waals surface area (Å²) in [6.07, 6.45) is 1.46. The fourth-order valence-corrected chi connectivity index (χ4v) is 3.80. The second kappa shape index (κ2) is 9.00. The van der Waals surface area contributed by atoms with E-state index in [1.54, 1.807) is 43.5 Å². The van der Waals surface area contributed by atoms with E-state index in [9.17, 15) is 8.42 Å². The van der Waals surface area contributed by atoms with Crippen LogP contribution in [0.15, 0.2) is 36.4 Å². The van der Waals surface area contributed by atoms with Gasteiger partial charge in [-0.2, -0.15) is 0 Å². The van der Waals surface area contributed by atoms with E-state index in [4.69, 9.17) is 21.1 Å². The number of hydrogen-bond acceptors (Lipinski definition) is 5. The molecule has 26 heavy (non-hydrogen) atoms. The Labute approximate surface area is 159 Å². The molecule has 8 heteroatoms. The van der Waals surface area contributed by atoms with Crippen molar-refractivity contribution in [3.63, 3.8) is 0 Å². The highest BCUT2D eigenvalue weighted by Crippen LogP contribution is 2.37. The molecule has 2 aromatic carbocycles. The number of methoxy groups -OCH3 is 2. The molecule has 0 bridgehead atoms. The van der Waals surface area contributed by atoms with E-state index in [0.717, 1.165) is 12.1 Å². The van der Waals surface area contributed by atoms with Crippen molar-refractivity contribution < 1.29 is 17.9 Å². The molecule has 0 atom stereocenters. The first-order valence-electron chi connectivity index (χ1n) is 8.17. The number of halogens is 1. The summed E-state index contributed by atoms with van der Waals surface area (Å²) in [4.78, 5) is 0. The average molecular weight is 399 g/mol. The van der Waals surface area contributed by atoms with Gasteiger partial charge in [-0.25, -0.2) is 8.42 Å². The van der Waals surface area contributed by atoms with Crippen LogP contribution in [0.25, 0.3) is 0 Å². The van der Waals surface area contributed by atoms with Crippen molar-refractivity contribution in [3.8, 4) is 11.5 Å². The van der Waals surface area contributed by atoms with Gasteiger partial charge in [-0.15, -0.1) is 0 Å². The van der Waals surface area contributed by atoms with Crippen LogP contribution in [0.1, 0.15) is 19.8 Å². The summed E-state index contributed by atoms with van der Waals surface area (Å²) in [6, 6.07) is 10.4. The Bertz CT molecular complexity index is 839. The van der Waals surface area contributed by atoms with Crippen molar-refractivity contribution in [3.05, 3.63) is 41.4 Å². The fourth-order valence-electron chi connectivity index (χ4n) is 2.30. The summed E-state index contributed by atoms with van der Waals surface area (Å²) < 4.78 is 37.0. The van der Waals surface area contributed by atoms with Crippen molar-refractivity contribution in [2.75, 3.05) is 30.0 Å². The highest BCUT2D eigenvalue weighted by atomic mass is 35.5. The monoisotopic (exact) mass is 398 g/mol. The Morgan fingerprint density at radius 2 is 1.62 bits per heavy atom. The van der Waals surface area contributed by atoms with Crippen LogP contribution in [0.5, 0.6) is 11.5 Å². The molecule has 0 radical (unpaired) electrons. The molecule has 0 fully saturated rings. The third-order valence-corrected chi connectivity index (χ3v) is 5.35. The summed E-state index contributed by atoms with van der Waals surface area (Å²) >= 11 is 6.10. The lowest BCUT2D eigenvalue weighted by Crippen LogP contribution is -2.16. The molecule has 0 aliphatic carbocycles. The van der Waals surface area contributed by atoms with Gasteiger partial charge in [-0.3, -0.25) is 4.72 Å². The van der Waals surface area contributed by atoms with Crippen LogP contribution in [0.4, 0.5) is 17.1 Å². The normalized spacial score (nSPS) is 11.1. The summed E-state index contributed by atoms with van der Waals surface area (Å²) in [7, 11) is -0.223. The minimum absolute atomic E-state index is 0.116. The van der Waals surface area contributed by atoms with Gasteiger partial charge in [0.1, 0.15) is 11.5 Å². The molecule has 0 aliphatic rings. The number of hydrogen-bond donors (Lipinski definition) is 2. The molecule has 0 saturated heterocycles. The van der Waals surface area contributed by atoms with Gasteiger partial charge < -0.3 is 14.8 Å². The van der Waals surface area contributed by atoms with Crippen LogP contribution >= 0.6 is 11.6 Å². The van der Waals surface area contributed by atoms with E-state index in [0.29, 0.717) is 34.3 Å². The number of nitrogens with one attached hydrogen (secondary N) is 2. The van der Waals surface area contributed by atoms with Crippen molar-refractivity contribution in [1.82, 2.24) is 0 Å². The van der Waals surface area contributed by atoms with E-state index in [-0.39, 0.29) is 5.75 Å². The van der Waals surface area contributed by atoms with Crippen LogP contribution in [-0.4, -0.2) is 28.4 Å². The molecular weight excluding hydrogens is 376 g/mol. The molecule has 0 aliphatic heterocycles. The molecule has 2 rings (SSSR count). The maximum absolute atomic E-state index is 12.0. The molecule has 0 heterocycles. The van der Waals surface area contributed by atoms with Gasteiger partial charge in [0.2, 0.25) is 10.0 Å². The van der Waals surface area contributed by atoms with Crippen LogP contribution in [0.2, 0.25) is 5.02 Å². The first kappa shape index (κ1) is 20.2. The van der Waals surface area contributed by atoms with E-state index < -0.39 is 10.0 Å². The molecule has 0 aromatic heterocycles. The Kier molecular flexibility index (Phi) is 6.99. The maximum Gasteiger partial charge on any atom is 0.232 e. The zero-order chi connectivity index (χ0) is 19.2. The van der Waals surface area contributed by atoms with Crippen molar-refractivity contribution in [2.24, 2.45) is 0 Å². The first-order chi connectivity index (χ1) is 12.4. The summed E-state index contributed by atoms with van der Waals surface area (Å²) in [6.45, 7) is 1.95. The van der Waals surface area contributed by atoms with Crippen molar-refractivity contribution >= 4 is 38.7 Å². The second-order valence-corrected chi connectivity index (χ2v) is 7.91. The lowest BCUT2D eigenvalue weighted by molar-refractivity contribution is 0.405. The smallest absolute Gasteiger partial charge is 0.232 e. The topological polar surface area (TPSA) is 76.7 Å². The standard InChI is InChI=1S/C18H23ClN2O4S/c1-4-5-10-26(22,23)21-14-8-6-13(7-9-14)20-16-12-17(24-2)15(19)11-18(16)25-3/h6-9,11-12,20-21H,4-5,10H2,1-3H3. The Hall–Kier alpha value is -2.12. The van der Waals surface area contributed by atoms with E-state index in [1.807, 2.05) is 6.92 Å². The predicted octanol–water partition coefficient (Wildman–Crippen LogP) is 4.64. The van der Waals surface area contributed by atoms with E-state index in [1.165, 1.54) is 7.11 Å². The maximum atomic E-state index is 12.0. The highest BCUT2D eigenvalue weighted by Gasteiger charge is 2.11. The molecule has 0 spiro atoms. The van der Waals surface area contributed by atoms with Gasteiger partial charge in [0.05, 0.1) is 30.7 Å². The molecular formula is C18H23ClN2O4S. The number of anilines is 3. The minimum Gasteiger partial charge on any atom is -0.495 e. The van der Waals surface area contributed by atoms with Crippen LogP contribution < -0.4 is 19.5 Å². The second-order valence-electron chi connectivity index (χ2n) is 5.66. The first-order valence-corrected chi connectivity index (χ1v) is 10.2. The predicted molar refractivity (Wildman–Crippen MR) is 107 cm³/mol. The van der Waals surface area contributed by atoms with Gasteiger partial charge in [-0.05, 0) is 30.7 Å². The molecule has 142 valence electrons. The molecule has 0 amide bonds. The van der Waals surface area contributed by atoms with Gasteiger partial charge in [0.15, 0.2) is 0 Å². The van der Waals surface area contributed by atoms with E-state index in [2.05, 4.69) is 10.0 Å². The fraction of sp³-hybridized carbons (Fsp3) is 0.333. The summed E-state index contributed by atoms with van der Waals surface area (Å²) in [5.74, 6) is 1.21. The van der Waals surface area contributed by atoms with Crippen molar-refractivity contribution in [2.45, 2.75) is 19.8 Å². The molecule has 2 aromatic rings. The van der Waals surface area contributed by atoms with Gasteiger partial charge in [0.25, 0.3) is 0 Å². The third kappa shape index (κ3) is 5.44. The van der Waals surface area contributed by atoms with Crippen LogP contribution in [0.3, 0.4) is 0 Å². The van der Waals surface area contributed by atoms with Crippen LogP contribution in [0, 0.1) is 0 Å². The number of benzene rings is 2. The lowest BCUT2D eigenvalue weighted by Gasteiger charge is -2.14. The zero-order valence-electron chi connectivity index (χ0n) is 15.0. The Morgan fingerprint density at radius 3 is 2.19 bits per heavy atom. The SMILES string of the molecule is CCCCS(=O)(=O)Nc1ccc(Nc2cc(OC)c(Cl)cc2OC)cc1. The largest absolute Gasteiger partial charge is 0.495 e. The quantitative estimate of drug-likeness (QED) is 0.643. The summed E-state index contributed by atoms with van der Waals surface area (Å²) in [5.41, 5.74) is 1.97. The molecule has 6 nitrogen and oxygen atoms in total. The third-order valence-electron chi connectivity index (χ3n) is 3.68. The molecule has 2 N–H and O–H groups in total. The van der Waals surface area contributed by atoms with Gasteiger partial charge >= 0.3 is 0 Å². The number of rotatable bonds is 9. The highest BCUT2D eigenvalue weighted by molar-refractivity contribution is 7.92. The number of ether oxygens (including phenoxy) is 2. The van der Waals surface area contributed by atoms with Gasteiger partial charge in [0, 0.05) is 23.5 Å². The van der Waals surface area contributed by atoms with Gasteiger partial charge in [-0.1, -0.05) is 24.9 Å². The molecule has 0 saturated carbocycles. The summed E-state index contributed by atoms with van der Waals surface area (Å²) in [5, 5.41) is 3.66. The Morgan fingerprint density at radius 1 is 1.00 bits per heavy atom. The average Bonchev–Trinajstić information content (AvgIpc) is 2.62.